The maximum Gasteiger partial charge on any atom is 0.316 e. The number of rotatable bonds is 5. The summed E-state index contributed by atoms with van der Waals surface area (Å²) in [4.78, 5) is 23.3. The number of carbonyl (C=O) groups excluding carboxylic acids is 2. The van der Waals surface area contributed by atoms with Gasteiger partial charge in [0.05, 0.1) is 22.9 Å². The Morgan fingerprint density at radius 1 is 1.67 bits per heavy atom. The molecule has 1 aromatic rings. The lowest BCUT2D eigenvalue weighted by atomic mass is 10.3. The number of hydrogen-bond donors (Lipinski definition) is 1. The number of nitriles is 1. The highest BCUT2D eigenvalue weighted by Crippen LogP contribution is 2.43. The van der Waals surface area contributed by atoms with Crippen molar-refractivity contribution in [3.63, 3.8) is 0 Å². The van der Waals surface area contributed by atoms with Crippen LogP contribution in [0.15, 0.2) is 32.6 Å². The Balaban J connectivity index is 2.12. The molecule has 1 aliphatic heterocycles. The SMILES string of the molecule is CCOC(=O)CSC1=C(C#N)C(=O)NC(c2ccco2)S1. The van der Waals surface area contributed by atoms with Crippen LogP contribution in [-0.4, -0.2) is 24.2 Å². The smallest absolute Gasteiger partial charge is 0.316 e. The molecule has 1 atom stereocenters. The topological polar surface area (TPSA) is 92.3 Å². The molecule has 1 unspecified atom stereocenters. The summed E-state index contributed by atoms with van der Waals surface area (Å²) in [7, 11) is 0. The molecule has 6 nitrogen and oxygen atoms in total. The van der Waals surface area contributed by atoms with Crippen molar-refractivity contribution >= 4 is 35.4 Å². The number of esters is 1. The number of thioether (sulfide) groups is 2. The predicted octanol–water partition coefficient (Wildman–Crippen LogP) is 2.17. The van der Waals surface area contributed by atoms with Crippen LogP contribution in [0.3, 0.4) is 0 Å². The van der Waals surface area contributed by atoms with Gasteiger partial charge in [-0.1, -0.05) is 11.8 Å². The Morgan fingerprint density at radius 2 is 2.48 bits per heavy atom. The molecule has 1 N–H and O–H groups in total. The van der Waals surface area contributed by atoms with Gasteiger partial charge in [0.1, 0.15) is 22.8 Å². The first kappa shape index (κ1) is 15.5. The van der Waals surface area contributed by atoms with Gasteiger partial charge in [-0.05, 0) is 19.1 Å². The lowest BCUT2D eigenvalue weighted by Gasteiger charge is -2.23. The van der Waals surface area contributed by atoms with E-state index in [9.17, 15) is 9.59 Å². The van der Waals surface area contributed by atoms with E-state index in [4.69, 9.17) is 14.4 Å². The number of amides is 1. The van der Waals surface area contributed by atoms with E-state index in [1.807, 2.05) is 6.07 Å². The molecular formula is C13H12N2O4S2. The van der Waals surface area contributed by atoms with Crippen molar-refractivity contribution in [2.75, 3.05) is 12.4 Å². The molecule has 1 aromatic heterocycles. The van der Waals surface area contributed by atoms with Crippen molar-refractivity contribution in [1.82, 2.24) is 5.32 Å². The van der Waals surface area contributed by atoms with Gasteiger partial charge in [0.2, 0.25) is 0 Å². The first-order valence-corrected chi connectivity index (χ1v) is 7.96. The fourth-order valence-electron chi connectivity index (χ4n) is 1.58. The molecule has 0 spiro atoms. The second-order valence-electron chi connectivity index (χ2n) is 3.85. The van der Waals surface area contributed by atoms with Gasteiger partial charge in [-0.15, -0.1) is 11.8 Å². The molecule has 0 fully saturated rings. The minimum Gasteiger partial charge on any atom is -0.466 e. The molecule has 8 heteroatoms. The molecule has 0 bridgehead atoms. The third-order valence-electron chi connectivity index (χ3n) is 2.46. The van der Waals surface area contributed by atoms with Crippen LogP contribution in [0.4, 0.5) is 0 Å². The van der Waals surface area contributed by atoms with Crippen molar-refractivity contribution in [1.29, 1.82) is 5.26 Å². The van der Waals surface area contributed by atoms with Gasteiger partial charge in [0.15, 0.2) is 0 Å². The monoisotopic (exact) mass is 324 g/mol. The molecule has 0 aromatic carbocycles. The predicted molar refractivity (Wildman–Crippen MR) is 78.9 cm³/mol. The lowest BCUT2D eigenvalue weighted by Crippen LogP contribution is -2.31. The standard InChI is InChI=1S/C13H12N2O4S2/c1-2-18-10(16)7-20-13-8(6-14)11(17)15-12(21-13)9-4-3-5-19-9/h3-5,12H,2,7H2,1H3,(H,15,17). The molecule has 21 heavy (non-hydrogen) atoms. The highest BCUT2D eigenvalue weighted by Gasteiger charge is 2.30. The van der Waals surface area contributed by atoms with Gasteiger partial charge in [0, 0.05) is 0 Å². The van der Waals surface area contributed by atoms with Crippen molar-refractivity contribution in [3.05, 3.63) is 34.0 Å². The average molecular weight is 324 g/mol. The molecule has 0 saturated heterocycles. The van der Waals surface area contributed by atoms with Crippen LogP contribution in [0.2, 0.25) is 0 Å². The van der Waals surface area contributed by atoms with Crippen LogP contribution >= 0.6 is 23.5 Å². The summed E-state index contributed by atoms with van der Waals surface area (Å²) in [6, 6.07) is 5.33. The minimum atomic E-state index is -0.469. The second kappa shape index (κ2) is 7.24. The molecule has 0 radical (unpaired) electrons. The van der Waals surface area contributed by atoms with Crippen molar-refractivity contribution in [2.24, 2.45) is 0 Å². The second-order valence-corrected chi connectivity index (χ2v) is 6.21. The van der Waals surface area contributed by atoms with Crippen LogP contribution in [0.1, 0.15) is 18.1 Å². The van der Waals surface area contributed by atoms with Gasteiger partial charge < -0.3 is 14.5 Å². The Morgan fingerprint density at radius 3 is 3.10 bits per heavy atom. The fraction of sp³-hybridized carbons (Fsp3) is 0.308. The maximum absolute atomic E-state index is 11.9. The van der Waals surface area contributed by atoms with E-state index in [1.165, 1.54) is 18.0 Å². The van der Waals surface area contributed by atoms with Crippen molar-refractivity contribution < 1.29 is 18.7 Å². The molecule has 2 heterocycles. The van der Waals surface area contributed by atoms with Gasteiger partial charge in [0.25, 0.3) is 5.91 Å². The Bertz CT molecular complexity index is 604. The van der Waals surface area contributed by atoms with E-state index < -0.39 is 11.3 Å². The fourth-order valence-corrected chi connectivity index (χ4v) is 3.82. The van der Waals surface area contributed by atoms with Crippen molar-refractivity contribution in [2.45, 2.75) is 12.3 Å². The molecule has 1 aliphatic rings. The Hall–Kier alpha value is -1.85. The highest BCUT2D eigenvalue weighted by molar-refractivity contribution is 8.22. The first-order valence-electron chi connectivity index (χ1n) is 6.09. The van der Waals surface area contributed by atoms with Gasteiger partial charge in [-0.25, -0.2) is 0 Å². The third-order valence-corrected chi connectivity index (χ3v) is 4.95. The summed E-state index contributed by atoms with van der Waals surface area (Å²) < 4.78 is 10.6. The number of furan rings is 1. The summed E-state index contributed by atoms with van der Waals surface area (Å²) in [6.07, 6.45) is 1.51. The van der Waals surface area contributed by atoms with Crippen LogP contribution in [0.25, 0.3) is 0 Å². The zero-order chi connectivity index (χ0) is 15.2. The van der Waals surface area contributed by atoms with E-state index >= 15 is 0 Å². The first-order chi connectivity index (χ1) is 10.2. The maximum atomic E-state index is 11.9. The Labute approximate surface area is 129 Å². The molecule has 0 aliphatic carbocycles. The zero-order valence-corrected chi connectivity index (χ0v) is 12.8. The van der Waals surface area contributed by atoms with E-state index in [0.717, 1.165) is 11.8 Å². The molecule has 2 rings (SSSR count). The Kier molecular flexibility index (Phi) is 5.36. The van der Waals surface area contributed by atoms with Gasteiger partial charge in [-0.3, -0.25) is 9.59 Å². The average Bonchev–Trinajstić information content (AvgIpc) is 2.99. The summed E-state index contributed by atoms with van der Waals surface area (Å²) >= 11 is 2.40. The molecule has 0 saturated carbocycles. The van der Waals surface area contributed by atoms with Crippen LogP contribution in [0.5, 0.6) is 0 Å². The van der Waals surface area contributed by atoms with E-state index in [0.29, 0.717) is 16.6 Å². The lowest BCUT2D eigenvalue weighted by molar-refractivity contribution is -0.139. The largest absolute Gasteiger partial charge is 0.466 e. The van der Waals surface area contributed by atoms with Crippen LogP contribution in [-0.2, 0) is 14.3 Å². The third kappa shape index (κ3) is 3.83. The molecular weight excluding hydrogens is 312 g/mol. The summed E-state index contributed by atoms with van der Waals surface area (Å²) in [6.45, 7) is 2.02. The minimum absolute atomic E-state index is 0.0112. The number of ether oxygens (including phenoxy) is 1. The zero-order valence-electron chi connectivity index (χ0n) is 11.1. The summed E-state index contributed by atoms with van der Waals surface area (Å²) in [5.74, 6) is -0.212. The normalized spacial score (nSPS) is 18.1. The van der Waals surface area contributed by atoms with Crippen LogP contribution < -0.4 is 5.32 Å². The van der Waals surface area contributed by atoms with Gasteiger partial charge in [-0.2, -0.15) is 5.26 Å². The summed E-state index contributed by atoms with van der Waals surface area (Å²) in [5, 5.41) is 11.4. The molecule has 1 amide bonds. The molecule has 110 valence electrons. The number of nitrogens with zero attached hydrogens (tertiary/aromatic N) is 1. The van der Waals surface area contributed by atoms with Crippen molar-refractivity contribution in [3.8, 4) is 6.07 Å². The van der Waals surface area contributed by atoms with Gasteiger partial charge >= 0.3 is 5.97 Å². The number of carbonyl (C=O) groups is 2. The number of nitrogens with one attached hydrogen (secondary N) is 1. The van der Waals surface area contributed by atoms with E-state index in [2.05, 4.69) is 5.32 Å². The van der Waals surface area contributed by atoms with E-state index in [-0.39, 0.29) is 17.3 Å². The number of hydrogen-bond acceptors (Lipinski definition) is 7. The van der Waals surface area contributed by atoms with Crippen LogP contribution in [0, 0.1) is 11.3 Å². The highest BCUT2D eigenvalue weighted by atomic mass is 32.2. The van der Waals surface area contributed by atoms with E-state index in [1.54, 1.807) is 19.1 Å². The quantitative estimate of drug-likeness (QED) is 0.830. The summed E-state index contributed by atoms with van der Waals surface area (Å²) in [5.41, 5.74) is 0.0112.